The van der Waals surface area contributed by atoms with Gasteiger partial charge in [-0.1, -0.05) is 97.1 Å². The maximum Gasteiger partial charge on any atom is 0.495 e. The van der Waals surface area contributed by atoms with Gasteiger partial charge in [0.15, 0.2) is 5.60 Å². The lowest BCUT2D eigenvalue weighted by molar-refractivity contribution is 0.00578. The fourth-order valence-corrected chi connectivity index (χ4v) is 5.26. The van der Waals surface area contributed by atoms with E-state index in [4.69, 9.17) is 14.0 Å². The van der Waals surface area contributed by atoms with E-state index >= 15 is 0 Å². The molecule has 0 aliphatic carbocycles. The highest BCUT2D eigenvalue weighted by atomic mass is 16.7. The van der Waals surface area contributed by atoms with Crippen LogP contribution in [-0.2, 0) is 14.9 Å². The Morgan fingerprint density at radius 3 is 1.71 bits per heavy atom. The van der Waals surface area contributed by atoms with Crippen molar-refractivity contribution in [2.75, 3.05) is 0 Å². The topological polar surface area (TPSA) is 27.7 Å². The van der Waals surface area contributed by atoms with Crippen molar-refractivity contribution in [3.8, 4) is 16.9 Å². The van der Waals surface area contributed by atoms with Gasteiger partial charge in [0, 0.05) is 22.3 Å². The molecule has 0 aromatic heterocycles. The van der Waals surface area contributed by atoms with Crippen molar-refractivity contribution < 1.29 is 14.0 Å². The molecule has 4 aromatic carbocycles. The molecule has 2 aliphatic heterocycles. The van der Waals surface area contributed by atoms with E-state index in [-0.39, 0.29) is 0 Å². The van der Waals surface area contributed by atoms with E-state index in [1.165, 1.54) is 0 Å². The maximum absolute atomic E-state index is 7.11. The van der Waals surface area contributed by atoms with Crippen LogP contribution in [0.5, 0.6) is 5.75 Å². The molecular formula is C31H29BO3. The van der Waals surface area contributed by atoms with Crippen LogP contribution in [0.4, 0.5) is 0 Å². The van der Waals surface area contributed by atoms with E-state index in [1.807, 2.05) is 18.2 Å². The smallest absolute Gasteiger partial charge is 0.472 e. The summed E-state index contributed by atoms with van der Waals surface area (Å²) < 4.78 is 20.1. The molecule has 0 atom stereocenters. The number of fused-ring (bicyclic) bond motifs is 3. The second kappa shape index (κ2) is 7.84. The Hall–Kier alpha value is -3.34. The third kappa shape index (κ3) is 3.28. The second-order valence-corrected chi connectivity index (χ2v) is 10.4. The predicted octanol–water partition coefficient (Wildman–Crippen LogP) is 6.34. The molecular weight excluding hydrogens is 431 g/mol. The summed E-state index contributed by atoms with van der Waals surface area (Å²) in [5.41, 5.74) is 4.81. The van der Waals surface area contributed by atoms with Gasteiger partial charge in [0.2, 0.25) is 0 Å². The van der Waals surface area contributed by atoms with Crippen molar-refractivity contribution >= 4 is 12.6 Å². The van der Waals surface area contributed by atoms with Crippen molar-refractivity contribution in [1.82, 2.24) is 0 Å². The molecule has 6 rings (SSSR count). The highest BCUT2D eigenvalue weighted by Gasteiger charge is 2.53. The summed E-state index contributed by atoms with van der Waals surface area (Å²) in [5, 5.41) is 0. The molecule has 0 N–H and O–H groups in total. The molecule has 1 fully saturated rings. The SMILES string of the molecule is CC1(C)OB(c2cccc3c2-c2ccccc2C(c2ccccc2)(c2ccccc2)O3)OC1(C)C. The summed E-state index contributed by atoms with van der Waals surface area (Å²) in [4.78, 5) is 0. The van der Waals surface area contributed by atoms with Crippen LogP contribution in [0.2, 0.25) is 0 Å². The van der Waals surface area contributed by atoms with E-state index in [0.29, 0.717) is 0 Å². The van der Waals surface area contributed by atoms with E-state index in [1.54, 1.807) is 0 Å². The molecule has 4 aromatic rings. The number of benzene rings is 4. The molecule has 4 heteroatoms. The van der Waals surface area contributed by atoms with Gasteiger partial charge >= 0.3 is 7.12 Å². The third-order valence-corrected chi connectivity index (χ3v) is 7.77. The zero-order valence-electron chi connectivity index (χ0n) is 20.6. The Morgan fingerprint density at radius 2 is 1.11 bits per heavy atom. The summed E-state index contributed by atoms with van der Waals surface area (Å²) in [6, 6.07) is 35.7. The standard InChI is InChI=1S/C31H29BO3/c1-29(2)30(3,4)35-32(34-29)26-20-13-21-27-28(26)24-18-11-12-19-25(24)31(33-27,22-14-7-5-8-15-22)23-16-9-6-10-17-23/h5-21H,1-4H3. The lowest BCUT2D eigenvalue weighted by atomic mass is 9.69. The predicted molar refractivity (Wildman–Crippen MR) is 141 cm³/mol. The van der Waals surface area contributed by atoms with Crippen LogP contribution in [-0.4, -0.2) is 18.3 Å². The number of ether oxygens (including phenoxy) is 1. The summed E-state index contributed by atoms with van der Waals surface area (Å²) in [6.45, 7) is 8.34. The van der Waals surface area contributed by atoms with Gasteiger partial charge < -0.3 is 14.0 Å². The van der Waals surface area contributed by atoms with Crippen molar-refractivity contribution in [3.63, 3.8) is 0 Å². The lowest BCUT2D eigenvalue weighted by Gasteiger charge is -2.42. The lowest BCUT2D eigenvalue weighted by Crippen LogP contribution is -2.42. The average Bonchev–Trinajstić information content (AvgIpc) is 3.10. The van der Waals surface area contributed by atoms with E-state index < -0.39 is 23.9 Å². The highest BCUT2D eigenvalue weighted by Crippen LogP contribution is 2.51. The first kappa shape index (κ1) is 22.1. The van der Waals surface area contributed by atoms with Crippen LogP contribution in [0.3, 0.4) is 0 Å². The maximum atomic E-state index is 7.11. The van der Waals surface area contributed by atoms with E-state index in [9.17, 15) is 0 Å². The molecule has 0 amide bonds. The molecule has 1 saturated heterocycles. The van der Waals surface area contributed by atoms with Gasteiger partial charge in [-0.15, -0.1) is 0 Å². The van der Waals surface area contributed by atoms with Gasteiger partial charge in [-0.05, 0) is 44.8 Å². The van der Waals surface area contributed by atoms with E-state index in [2.05, 4.69) is 113 Å². The summed E-state index contributed by atoms with van der Waals surface area (Å²) >= 11 is 0. The average molecular weight is 460 g/mol. The van der Waals surface area contributed by atoms with Crippen molar-refractivity contribution in [2.24, 2.45) is 0 Å². The highest BCUT2D eigenvalue weighted by molar-refractivity contribution is 6.64. The van der Waals surface area contributed by atoms with Gasteiger partial charge in [0.1, 0.15) is 5.75 Å². The van der Waals surface area contributed by atoms with Crippen LogP contribution < -0.4 is 10.2 Å². The molecule has 3 nitrogen and oxygen atoms in total. The molecule has 0 unspecified atom stereocenters. The van der Waals surface area contributed by atoms with Gasteiger partial charge in [0.05, 0.1) is 11.2 Å². The second-order valence-electron chi connectivity index (χ2n) is 10.4. The quantitative estimate of drug-likeness (QED) is 0.334. The minimum atomic E-state index is -0.777. The summed E-state index contributed by atoms with van der Waals surface area (Å²) in [6.07, 6.45) is 0. The molecule has 2 heterocycles. The largest absolute Gasteiger partial charge is 0.495 e. The first-order valence-corrected chi connectivity index (χ1v) is 12.2. The Morgan fingerprint density at radius 1 is 0.571 bits per heavy atom. The Bertz CT molecular complexity index is 1320. The number of rotatable bonds is 3. The fourth-order valence-electron chi connectivity index (χ4n) is 5.26. The van der Waals surface area contributed by atoms with Crippen LogP contribution >= 0.6 is 0 Å². The fraction of sp³-hybridized carbons (Fsp3) is 0.226. The normalized spacial score (nSPS) is 18.9. The molecule has 0 spiro atoms. The molecule has 0 saturated carbocycles. The van der Waals surface area contributed by atoms with Gasteiger partial charge in [-0.2, -0.15) is 0 Å². The van der Waals surface area contributed by atoms with Crippen LogP contribution in [0.1, 0.15) is 44.4 Å². The summed E-state index contributed by atoms with van der Waals surface area (Å²) in [7, 11) is -0.479. The van der Waals surface area contributed by atoms with Crippen molar-refractivity contribution in [2.45, 2.75) is 44.5 Å². The van der Waals surface area contributed by atoms with Crippen molar-refractivity contribution in [1.29, 1.82) is 0 Å². The third-order valence-electron chi connectivity index (χ3n) is 7.77. The molecule has 0 bridgehead atoms. The van der Waals surface area contributed by atoms with Gasteiger partial charge in [-0.25, -0.2) is 0 Å². The Balaban J connectivity index is 1.61. The first-order chi connectivity index (χ1) is 16.8. The van der Waals surface area contributed by atoms with Crippen LogP contribution in [0.15, 0.2) is 103 Å². The molecule has 0 radical (unpaired) electrons. The zero-order chi connectivity index (χ0) is 24.3. The number of hydrogen-bond acceptors (Lipinski definition) is 3. The Kier molecular flexibility index (Phi) is 4.96. The van der Waals surface area contributed by atoms with Crippen LogP contribution in [0, 0.1) is 0 Å². The van der Waals surface area contributed by atoms with Crippen molar-refractivity contribution in [3.05, 3.63) is 120 Å². The minimum Gasteiger partial charge on any atom is -0.472 e. The minimum absolute atomic E-state index is 0.423. The monoisotopic (exact) mass is 460 g/mol. The zero-order valence-corrected chi connectivity index (χ0v) is 20.6. The van der Waals surface area contributed by atoms with Gasteiger partial charge in [-0.3, -0.25) is 0 Å². The number of hydrogen-bond donors (Lipinski definition) is 0. The first-order valence-electron chi connectivity index (χ1n) is 12.2. The summed E-state index contributed by atoms with van der Waals surface area (Å²) in [5.74, 6) is 0.823. The molecule has 174 valence electrons. The molecule has 2 aliphatic rings. The molecule has 35 heavy (non-hydrogen) atoms. The van der Waals surface area contributed by atoms with E-state index in [0.717, 1.165) is 39.0 Å². The van der Waals surface area contributed by atoms with Crippen LogP contribution in [0.25, 0.3) is 11.1 Å². The van der Waals surface area contributed by atoms with Gasteiger partial charge in [0.25, 0.3) is 0 Å². The Labute approximate surface area is 207 Å².